The number of fused-ring (bicyclic) bond motifs is 1. The number of halogens is 2. The average Bonchev–Trinajstić information content (AvgIpc) is 3.24. The first-order valence-electron chi connectivity index (χ1n) is 10.0. The lowest BCUT2D eigenvalue weighted by atomic mass is 9.87. The molecule has 1 aliphatic heterocycles. The Kier molecular flexibility index (Phi) is 6.36. The summed E-state index contributed by atoms with van der Waals surface area (Å²) in [6.45, 7) is 2.79. The number of nitrogens with one attached hydrogen (secondary N) is 2. The maximum atomic E-state index is 13.7. The third-order valence-corrected chi connectivity index (χ3v) is 6.14. The molecule has 0 saturated heterocycles. The second kappa shape index (κ2) is 9.16. The first-order valence-corrected chi connectivity index (χ1v) is 10.8. The molecule has 3 atom stereocenters. The first kappa shape index (κ1) is 20.8. The molecule has 1 aliphatic rings. The van der Waals surface area contributed by atoms with Gasteiger partial charge in [0.1, 0.15) is 18.0 Å². The monoisotopic (exact) mass is 430 g/mol. The van der Waals surface area contributed by atoms with Crippen LogP contribution in [0.3, 0.4) is 0 Å². The van der Waals surface area contributed by atoms with E-state index in [1.807, 2.05) is 0 Å². The van der Waals surface area contributed by atoms with E-state index in [9.17, 15) is 13.9 Å². The lowest BCUT2D eigenvalue weighted by Gasteiger charge is -2.34. The van der Waals surface area contributed by atoms with Gasteiger partial charge in [-0.05, 0) is 53.6 Å². The van der Waals surface area contributed by atoms with Crippen LogP contribution in [0.4, 0.5) is 13.9 Å². The molecule has 0 aliphatic carbocycles. The first-order chi connectivity index (χ1) is 14.5. The minimum atomic E-state index is -0.807. The van der Waals surface area contributed by atoms with Crippen LogP contribution >= 0.6 is 11.5 Å². The molecule has 0 fully saturated rings. The van der Waals surface area contributed by atoms with Crippen LogP contribution in [0.25, 0.3) is 0 Å². The molecule has 0 bridgehead atoms. The predicted molar refractivity (Wildman–Crippen MR) is 114 cm³/mol. The summed E-state index contributed by atoms with van der Waals surface area (Å²) in [6.07, 6.45) is 2.50. The Morgan fingerprint density at radius 2 is 1.97 bits per heavy atom. The summed E-state index contributed by atoms with van der Waals surface area (Å²) in [5, 5.41) is 18.4. The molecule has 4 rings (SSSR count). The Bertz CT molecular complexity index is 979. The van der Waals surface area contributed by atoms with E-state index >= 15 is 0 Å². The van der Waals surface area contributed by atoms with Crippen molar-refractivity contribution >= 4 is 16.7 Å². The molecular formula is C22H24F2N4OS. The molecule has 2 aromatic carbocycles. The molecule has 158 valence electrons. The largest absolute Gasteiger partial charge is 0.389 e. The molecule has 5 nitrogen and oxygen atoms in total. The molecule has 2 heterocycles. The van der Waals surface area contributed by atoms with Gasteiger partial charge in [0.15, 0.2) is 0 Å². The molecule has 0 spiro atoms. The van der Waals surface area contributed by atoms with Crippen molar-refractivity contribution in [2.75, 3.05) is 5.32 Å². The van der Waals surface area contributed by atoms with E-state index in [4.69, 9.17) is 0 Å². The SMILES string of the molecule is CCc1ccc2c(c1)CC(C(O)C(Cc1cc(F)cc(F)c1)Nc1ncns1)NC2. The second-order valence-electron chi connectivity index (χ2n) is 7.62. The highest BCUT2D eigenvalue weighted by atomic mass is 32.1. The van der Waals surface area contributed by atoms with Crippen molar-refractivity contribution in [1.82, 2.24) is 14.7 Å². The lowest BCUT2D eigenvalue weighted by Crippen LogP contribution is -2.52. The zero-order chi connectivity index (χ0) is 21.1. The molecule has 3 aromatic rings. The number of aliphatic hydroxyl groups is 1. The number of aromatic nitrogens is 2. The van der Waals surface area contributed by atoms with Gasteiger partial charge in [0.2, 0.25) is 5.13 Å². The molecule has 1 aromatic heterocycles. The molecular weight excluding hydrogens is 406 g/mol. The van der Waals surface area contributed by atoms with E-state index in [1.54, 1.807) is 0 Å². The van der Waals surface area contributed by atoms with Gasteiger partial charge in [-0.1, -0.05) is 25.1 Å². The van der Waals surface area contributed by atoms with Crippen LogP contribution in [-0.2, 0) is 25.8 Å². The third kappa shape index (κ3) is 4.83. The highest BCUT2D eigenvalue weighted by Crippen LogP contribution is 2.24. The Morgan fingerprint density at radius 3 is 2.67 bits per heavy atom. The highest BCUT2D eigenvalue weighted by molar-refractivity contribution is 7.09. The van der Waals surface area contributed by atoms with Crippen molar-refractivity contribution in [3.05, 3.63) is 76.6 Å². The Balaban J connectivity index is 1.56. The quantitative estimate of drug-likeness (QED) is 0.536. The number of hydrogen-bond donors (Lipinski definition) is 3. The average molecular weight is 431 g/mol. The molecule has 0 radical (unpaired) electrons. The van der Waals surface area contributed by atoms with E-state index in [2.05, 4.69) is 45.1 Å². The van der Waals surface area contributed by atoms with Gasteiger partial charge in [-0.3, -0.25) is 0 Å². The van der Waals surface area contributed by atoms with Crippen LogP contribution in [0, 0.1) is 11.6 Å². The minimum absolute atomic E-state index is 0.201. The van der Waals surface area contributed by atoms with E-state index in [-0.39, 0.29) is 12.5 Å². The summed E-state index contributed by atoms with van der Waals surface area (Å²) in [7, 11) is 0. The summed E-state index contributed by atoms with van der Waals surface area (Å²) in [6, 6.07) is 9.21. The van der Waals surface area contributed by atoms with E-state index in [1.165, 1.54) is 46.7 Å². The van der Waals surface area contributed by atoms with Crippen molar-refractivity contribution < 1.29 is 13.9 Å². The van der Waals surface area contributed by atoms with Gasteiger partial charge >= 0.3 is 0 Å². The fourth-order valence-corrected chi connectivity index (χ4v) is 4.46. The standard InChI is InChI=1S/C22H24F2N4OS/c1-2-13-3-4-15-11-25-19(9-16(15)5-13)21(29)20(28-22-26-12-27-30-22)8-14-6-17(23)10-18(24)7-14/h3-7,10,12,19-21,25,29H,2,8-9,11H2,1H3,(H,26,27,28). The van der Waals surface area contributed by atoms with Gasteiger partial charge < -0.3 is 15.7 Å². The molecule has 0 saturated carbocycles. The fourth-order valence-electron chi connectivity index (χ4n) is 3.97. The number of hydrogen-bond acceptors (Lipinski definition) is 6. The van der Waals surface area contributed by atoms with Crippen molar-refractivity contribution in [2.45, 2.75) is 50.9 Å². The topological polar surface area (TPSA) is 70.1 Å². The summed E-state index contributed by atoms with van der Waals surface area (Å²) in [5.74, 6) is -1.27. The Labute approximate surface area is 178 Å². The van der Waals surface area contributed by atoms with Crippen LogP contribution in [0.2, 0.25) is 0 Å². The smallest absolute Gasteiger partial charge is 0.202 e. The summed E-state index contributed by atoms with van der Waals surface area (Å²) >= 11 is 1.17. The van der Waals surface area contributed by atoms with Gasteiger partial charge in [0, 0.05) is 30.2 Å². The minimum Gasteiger partial charge on any atom is -0.389 e. The van der Waals surface area contributed by atoms with Gasteiger partial charge in [-0.25, -0.2) is 13.8 Å². The fraction of sp³-hybridized carbons (Fsp3) is 0.364. The van der Waals surface area contributed by atoms with E-state index in [0.717, 1.165) is 12.5 Å². The molecule has 3 N–H and O–H groups in total. The normalized spacial score (nSPS) is 17.9. The van der Waals surface area contributed by atoms with Gasteiger partial charge in [0.25, 0.3) is 0 Å². The highest BCUT2D eigenvalue weighted by Gasteiger charge is 2.31. The molecule has 30 heavy (non-hydrogen) atoms. The Morgan fingerprint density at radius 1 is 1.17 bits per heavy atom. The number of aryl methyl sites for hydroxylation is 1. The number of nitrogens with zero attached hydrogens (tertiary/aromatic N) is 2. The molecule has 0 amide bonds. The second-order valence-corrected chi connectivity index (χ2v) is 8.40. The van der Waals surface area contributed by atoms with Crippen LogP contribution < -0.4 is 10.6 Å². The predicted octanol–water partition coefficient (Wildman–Crippen LogP) is 3.48. The van der Waals surface area contributed by atoms with E-state index < -0.39 is 23.8 Å². The van der Waals surface area contributed by atoms with Crippen molar-refractivity contribution in [2.24, 2.45) is 0 Å². The number of rotatable bonds is 7. The Hall–Kier alpha value is -2.42. The molecule has 8 heteroatoms. The zero-order valence-corrected chi connectivity index (χ0v) is 17.4. The van der Waals surface area contributed by atoms with Crippen molar-refractivity contribution in [3.8, 4) is 0 Å². The maximum absolute atomic E-state index is 13.7. The lowest BCUT2D eigenvalue weighted by molar-refractivity contribution is 0.103. The summed E-state index contributed by atoms with van der Waals surface area (Å²) in [5.41, 5.74) is 4.20. The van der Waals surface area contributed by atoms with Crippen molar-refractivity contribution in [3.63, 3.8) is 0 Å². The van der Waals surface area contributed by atoms with Crippen LogP contribution in [-0.4, -0.2) is 32.7 Å². The maximum Gasteiger partial charge on any atom is 0.202 e. The zero-order valence-electron chi connectivity index (χ0n) is 16.6. The van der Waals surface area contributed by atoms with Crippen LogP contribution in [0.15, 0.2) is 42.7 Å². The number of aliphatic hydroxyl groups excluding tert-OH is 1. The summed E-state index contributed by atoms with van der Waals surface area (Å²) < 4.78 is 31.4. The van der Waals surface area contributed by atoms with Gasteiger partial charge in [-0.15, -0.1) is 0 Å². The van der Waals surface area contributed by atoms with Crippen LogP contribution in [0.1, 0.15) is 29.2 Å². The van der Waals surface area contributed by atoms with Crippen LogP contribution in [0.5, 0.6) is 0 Å². The van der Waals surface area contributed by atoms with Gasteiger partial charge in [-0.2, -0.15) is 4.37 Å². The number of anilines is 1. The van der Waals surface area contributed by atoms with Gasteiger partial charge in [0.05, 0.1) is 12.1 Å². The third-order valence-electron chi connectivity index (χ3n) is 5.55. The van der Waals surface area contributed by atoms with Crippen molar-refractivity contribution in [1.29, 1.82) is 0 Å². The molecule has 3 unspecified atom stereocenters. The summed E-state index contributed by atoms with van der Waals surface area (Å²) in [4.78, 5) is 4.14. The number of benzene rings is 2. The van der Waals surface area contributed by atoms with E-state index in [0.29, 0.717) is 23.7 Å².